The number of sulfonamides is 1. The van der Waals surface area contributed by atoms with Crippen molar-refractivity contribution in [2.24, 2.45) is 0 Å². The minimum Gasteiger partial charge on any atom is -0.295 e. The van der Waals surface area contributed by atoms with E-state index in [0.29, 0.717) is 11.3 Å². The maximum Gasteiger partial charge on any atom is 0.240 e. The number of carbonyl (C=O) groups excluding carboxylic acids is 1. The monoisotopic (exact) mass is 357 g/mol. The van der Waals surface area contributed by atoms with E-state index in [2.05, 4.69) is 20.0 Å². The molecule has 0 spiro atoms. The van der Waals surface area contributed by atoms with Crippen molar-refractivity contribution in [3.63, 3.8) is 0 Å². The van der Waals surface area contributed by atoms with Gasteiger partial charge in [0, 0.05) is 11.8 Å². The number of carbonyl (C=O) groups is 1. The van der Waals surface area contributed by atoms with Crippen LogP contribution in [-0.4, -0.2) is 34.2 Å². The Kier molecular flexibility index (Phi) is 4.68. The molecule has 0 atom stereocenters. The summed E-state index contributed by atoms with van der Waals surface area (Å²) in [6.45, 7) is 1.36. The molecular formula is C16H15N5O3S. The number of nitrogens with one attached hydrogen (secondary N) is 1. The third-order valence-corrected chi connectivity index (χ3v) is 4.84. The highest BCUT2D eigenvalue weighted by Crippen LogP contribution is 2.12. The van der Waals surface area contributed by atoms with Crippen molar-refractivity contribution in [2.75, 3.05) is 0 Å². The molecule has 0 aliphatic heterocycles. The van der Waals surface area contributed by atoms with Crippen LogP contribution in [0.4, 0.5) is 0 Å². The molecule has 2 aromatic heterocycles. The predicted octanol–water partition coefficient (Wildman–Crippen LogP) is 1.34. The zero-order chi connectivity index (χ0) is 17.9. The molecule has 0 amide bonds. The number of pyridine rings is 1. The molecule has 3 rings (SSSR count). The van der Waals surface area contributed by atoms with E-state index in [1.165, 1.54) is 29.8 Å². The fourth-order valence-corrected chi connectivity index (χ4v) is 3.17. The lowest BCUT2D eigenvalue weighted by molar-refractivity contribution is 0.101. The summed E-state index contributed by atoms with van der Waals surface area (Å²) in [4.78, 5) is 15.4. The zero-order valence-electron chi connectivity index (χ0n) is 13.3. The zero-order valence-corrected chi connectivity index (χ0v) is 14.1. The molecule has 0 aliphatic carbocycles. The highest BCUT2D eigenvalue weighted by Gasteiger charge is 2.16. The second kappa shape index (κ2) is 6.91. The van der Waals surface area contributed by atoms with Gasteiger partial charge in [0.2, 0.25) is 10.0 Å². The Bertz CT molecular complexity index is 999. The number of benzene rings is 1. The molecule has 0 fully saturated rings. The van der Waals surface area contributed by atoms with Crippen LogP contribution in [0.1, 0.15) is 23.0 Å². The number of hydrogen-bond acceptors (Lipinski definition) is 6. The van der Waals surface area contributed by atoms with Crippen LogP contribution in [0.25, 0.3) is 5.69 Å². The third-order valence-electron chi connectivity index (χ3n) is 3.45. The minimum atomic E-state index is -3.76. The first-order valence-electron chi connectivity index (χ1n) is 7.38. The van der Waals surface area contributed by atoms with Crippen molar-refractivity contribution < 1.29 is 13.2 Å². The summed E-state index contributed by atoms with van der Waals surface area (Å²) in [7, 11) is -3.76. The van der Waals surface area contributed by atoms with E-state index in [9.17, 15) is 13.2 Å². The molecule has 0 unspecified atom stereocenters. The molecule has 0 radical (unpaired) electrons. The van der Waals surface area contributed by atoms with Crippen molar-refractivity contribution in [1.82, 2.24) is 24.7 Å². The van der Waals surface area contributed by atoms with Crippen molar-refractivity contribution in [3.05, 3.63) is 66.2 Å². The third kappa shape index (κ3) is 3.95. The van der Waals surface area contributed by atoms with Crippen LogP contribution in [-0.2, 0) is 16.6 Å². The van der Waals surface area contributed by atoms with Crippen LogP contribution in [0, 0.1) is 0 Å². The second-order valence-corrected chi connectivity index (χ2v) is 7.04. The van der Waals surface area contributed by atoms with Crippen molar-refractivity contribution >= 4 is 15.8 Å². The topological polar surface area (TPSA) is 107 Å². The lowest BCUT2D eigenvalue weighted by Crippen LogP contribution is -2.23. The Balaban J connectivity index is 1.74. The summed E-state index contributed by atoms with van der Waals surface area (Å²) in [5.41, 5.74) is 1.51. The SMILES string of the molecule is CC(=O)c1cccc(S(=O)(=O)NCc2cn(-c3cccnc3)nn2)c1. The maximum atomic E-state index is 12.4. The summed E-state index contributed by atoms with van der Waals surface area (Å²) in [6.07, 6.45) is 4.88. The smallest absolute Gasteiger partial charge is 0.240 e. The Labute approximate surface area is 144 Å². The molecule has 0 saturated carbocycles. The Morgan fingerprint density at radius 2 is 2.08 bits per heavy atom. The molecule has 3 aromatic rings. The van der Waals surface area contributed by atoms with Crippen molar-refractivity contribution in [3.8, 4) is 5.69 Å². The molecule has 2 heterocycles. The van der Waals surface area contributed by atoms with Gasteiger partial charge in [-0.2, -0.15) is 0 Å². The summed E-state index contributed by atoms with van der Waals surface area (Å²) < 4.78 is 28.7. The van der Waals surface area contributed by atoms with Gasteiger partial charge < -0.3 is 0 Å². The Morgan fingerprint density at radius 1 is 1.24 bits per heavy atom. The number of rotatable bonds is 6. The van der Waals surface area contributed by atoms with Crippen LogP contribution in [0.15, 0.2) is 59.9 Å². The van der Waals surface area contributed by atoms with Gasteiger partial charge in [0.15, 0.2) is 5.78 Å². The molecular weight excluding hydrogens is 342 g/mol. The van der Waals surface area contributed by atoms with E-state index in [1.807, 2.05) is 6.07 Å². The van der Waals surface area contributed by atoms with Crippen LogP contribution in [0.5, 0.6) is 0 Å². The molecule has 25 heavy (non-hydrogen) atoms. The van der Waals surface area contributed by atoms with E-state index in [0.717, 1.165) is 5.69 Å². The molecule has 8 nitrogen and oxygen atoms in total. The van der Waals surface area contributed by atoms with Gasteiger partial charge >= 0.3 is 0 Å². The normalized spacial score (nSPS) is 11.4. The van der Waals surface area contributed by atoms with Gasteiger partial charge in [-0.1, -0.05) is 17.3 Å². The molecule has 1 N–H and O–H groups in total. The summed E-state index contributed by atoms with van der Waals surface area (Å²) in [5, 5.41) is 7.88. The number of ketones is 1. The molecule has 128 valence electrons. The van der Waals surface area contributed by atoms with Gasteiger partial charge in [-0.05, 0) is 31.2 Å². The number of Topliss-reactive ketones (excluding diaryl/α,β-unsaturated/α-hetero) is 1. The summed E-state index contributed by atoms with van der Waals surface area (Å²) in [6, 6.07) is 9.45. The largest absolute Gasteiger partial charge is 0.295 e. The van der Waals surface area contributed by atoms with E-state index >= 15 is 0 Å². The first kappa shape index (κ1) is 16.9. The van der Waals surface area contributed by atoms with Gasteiger partial charge in [0.05, 0.1) is 35.2 Å². The fourth-order valence-electron chi connectivity index (χ4n) is 2.13. The van der Waals surface area contributed by atoms with Crippen LogP contribution in [0.3, 0.4) is 0 Å². The quantitative estimate of drug-likeness (QED) is 0.667. The average molecular weight is 357 g/mol. The number of aromatic nitrogens is 4. The van der Waals surface area contributed by atoms with Gasteiger partial charge in [-0.15, -0.1) is 5.10 Å². The minimum absolute atomic E-state index is 0.0209. The average Bonchev–Trinajstić information content (AvgIpc) is 3.10. The lowest BCUT2D eigenvalue weighted by atomic mass is 10.2. The van der Waals surface area contributed by atoms with Gasteiger partial charge in [-0.25, -0.2) is 17.8 Å². The summed E-state index contributed by atoms with van der Waals surface area (Å²) >= 11 is 0. The van der Waals surface area contributed by atoms with Crippen molar-refractivity contribution in [1.29, 1.82) is 0 Å². The standard InChI is InChI=1S/C16H15N5O3S/c1-12(22)13-4-2-6-16(8-13)25(23,24)18-9-14-11-21(20-19-14)15-5-3-7-17-10-15/h2-8,10-11,18H,9H2,1H3. The first-order valence-corrected chi connectivity index (χ1v) is 8.86. The molecule has 1 aromatic carbocycles. The van der Waals surface area contributed by atoms with E-state index in [4.69, 9.17) is 0 Å². The van der Waals surface area contributed by atoms with Crippen molar-refractivity contribution in [2.45, 2.75) is 18.4 Å². The fraction of sp³-hybridized carbons (Fsp3) is 0.125. The van der Waals surface area contributed by atoms with Gasteiger partial charge in [0.1, 0.15) is 0 Å². The lowest BCUT2D eigenvalue weighted by Gasteiger charge is -2.06. The first-order chi connectivity index (χ1) is 12.0. The van der Waals surface area contributed by atoms with Gasteiger partial charge in [0.25, 0.3) is 0 Å². The Morgan fingerprint density at radius 3 is 2.80 bits per heavy atom. The highest BCUT2D eigenvalue weighted by atomic mass is 32.2. The second-order valence-electron chi connectivity index (χ2n) is 5.27. The van der Waals surface area contributed by atoms with Gasteiger partial charge in [-0.3, -0.25) is 9.78 Å². The van der Waals surface area contributed by atoms with Crippen LogP contribution < -0.4 is 4.72 Å². The summed E-state index contributed by atoms with van der Waals surface area (Å²) in [5.74, 6) is -0.198. The van der Waals surface area contributed by atoms with E-state index < -0.39 is 10.0 Å². The highest BCUT2D eigenvalue weighted by molar-refractivity contribution is 7.89. The molecule has 0 bridgehead atoms. The number of nitrogens with zero attached hydrogens (tertiary/aromatic N) is 4. The molecule has 9 heteroatoms. The van der Waals surface area contributed by atoms with E-state index in [-0.39, 0.29) is 17.2 Å². The number of hydrogen-bond donors (Lipinski definition) is 1. The maximum absolute atomic E-state index is 12.4. The van der Waals surface area contributed by atoms with Crippen LogP contribution in [0.2, 0.25) is 0 Å². The molecule has 0 aliphatic rings. The Hall–Kier alpha value is -2.91. The van der Waals surface area contributed by atoms with E-state index in [1.54, 1.807) is 30.7 Å². The predicted molar refractivity (Wildman–Crippen MR) is 89.6 cm³/mol. The molecule has 0 saturated heterocycles. The van der Waals surface area contributed by atoms with Crippen LogP contribution >= 0.6 is 0 Å².